The van der Waals surface area contributed by atoms with E-state index in [1.807, 2.05) is 30.3 Å². The zero-order chi connectivity index (χ0) is 19.3. The minimum atomic E-state index is -0.166. The van der Waals surface area contributed by atoms with Crippen LogP contribution in [0.5, 0.6) is 11.8 Å². The molecule has 0 saturated carbocycles. The lowest BCUT2D eigenvalue weighted by Crippen LogP contribution is -2.22. The number of nitrogens with zero attached hydrogens (tertiary/aromatic N) is 1. The van der Waals surface area contributed by atoms with Gasteiger partial charge in [-0.05, 0) is 36.2 Å². The normalized spacial score (nSPS) is 19.0. The summed E-state index contributed by atoms with van der Waals surface area (Å²) in [5.74, 6) is 0.364. The van der Waals surface area contributed by atoms with Gasteiger partial charge in [-0.25, -0.2) is 0 Å². The van der Waals surface area contributed by atoms with Gasteiger partial charge < -0.3 is 15.5 Å². The molecule has 5 rings (SSSR count). The van der Waals surface area contributed by atoms with Gasteiger partial charge in [0.1, 0.15) is 0 Å². The third kappa shape index (κ3) is 2.51. The maximum absolute atomic E-state index is 12.4. The fraction of sp³-hybridized carbons (Fsp3) is 0.174. The number of nitrogens with one attached hydrogen (secondary N) is 1. The molecule has 2 aliphatic rings. The number of carbonyl (C=O) groups is 1. The van der Waals surface area contributed by atoms with Gasteiger partial charge in [-0.15, -0.1) is 0 Å². The summed E-state index contributed by atoms with van der Waals surface area (Å²) in [5.41, 5.74) is 3.85. The van der Waals surface area contributed by atoms with E-state index in [-0.39, 0.29) is 29.5 Å². The Bertz CT molecular complexity index is 1050. The zero-order valence-electron chi connectivity index (χ0n) is 15.2. The van der Waals surface area contributed by atoms with Gasteiger partial charge in [-0.2, -0.15) is 0 Å². The molecule has 2 aliphatic carbocycles. The summed E-state index contributed by atoms with van der Waals surface area (Å²) in [6.07, 6.45) is 5.11. The fourth-order valence-corrected chi connectivity index (χ4v) is 4.33. The molecule has 140 valence electrons. The van der Waals surface area contributed by atoms with Crippen LogP contribution in [0.4, 0.5) is 0 Å². The van der Waals surface area contributed by atoms with Crippen molar-refractivity contribution in [3.05, 3.63) is 89.0 Å². The van der Waals surface area contributed by atoms with Crippen LogP contribution in [0.15, 0.2) is 66.7 Å². The largest absolute Gasteiger partial charge is 0.494 e. The molecule has 1 heterocycles. The van der Waals surface area contributed by atoms with Gasteiger partial charge in [0.25, 0.3) is 5.91 Å². The number of hydrogen-bond acceptors (Lipinski definition) is 3. The standard InChI is InChI=1S/C23H20N2O3/c26-21(24-13-14-4-2-1-3-5-14)15-8-10-18(11-9-15)25-22(27)19-16-6-7-17(12-16)20(19)23(25)28/h1-11,16-17,27-28H,12-13H2,(H,24,26)/t16-,17+. The van der Waals surface area contributed by atoms with Gasteiger partial charge >= 0.3 is 0 Å². The molecule has 28 heavy (non-hydrogen) atoms. The number of allylic oxidation sites excluding steroid dienone is 2. The van der Waals surface area contributed by atoms with Gasteiger partial charge in [-0.1, -0.05) is 42.5 Å². The van der Waals surface area contributed by atoms with E-state index in [4.69, 9.17) is 0 Å². The molecule has 0 saturated heterocycles. The molecule has 5 nitrogen and oxygen atoms in total. The van der Waals surface area contributed by atoms with Crippen molar-refractivity contribution in [2.45, 2.75) is 24.8 Å². The highest BCUT2D eigenvalue weighted by Gasteiger charge is 2.41. The molecule has 2 bridgehead atoms. The third-order valence-electron chi connectivity index (χ3n) is 5.70. The van der Waals surface area contributed by atoms with Crippen LogP contribution in [0, 0.1) is 0 Å². The summed E-state index contributed by atoms with van der Waals surface area (Å²) in [6.45, 7) is 0.461. The molecule has 3 aromatic rings. The monoisotopic (exact) mass is 372 g/mol. The minimum Gasteiger partial charge on any atom is -0.494 e. The van der Waals surface area contributed by atoms with Crippen molar-refractivity contribution >= 4 is 5.91 Å². The SMILES string of the molecule is O=C(NCc1ccccc1)c1ccc(-n2c(O)c3c(c2O)[C@H]2C=C[C@@H]3C2)cc1. The van der Waals surface area contributed by atoms with Crippen LogP contribution >= 0.6 is 0 Å². The summed E-state index contributed by atoms with van der Waals surface area (Å²) < 4.78 is 1.46. The third-order valence-corrected chi connectivity index (χ3v) is 5.70. The molecule has 2 atom stereocenters. The Morgan fingerprint density at radius 3 is 2.14 bits per heavy atom. The lowest BCUT2D eigenvalue weighted by atomic mass is 10.0. The van der Waals surface area contributed by atoms with E-state index >= 15 is 0 Å². The number of fused-ring (bicyclic) bond motifs is 5. The van der Waals surface area contributed by atoms with Crippen LogP contribution in [0.3, 0.4) is 0 Å². The first-order valence-corrected chi connectivity index (χ1v) is 9.41. The van der Waals surface area contributed by atoms with Gasteiger partial charge in [0.15, 0.2) is 0 Å². The van der Waals surface area contributed by atoms with Gasteiger partial charge in [0, 0.05) is 35.1 Å². The lowest BCUT2D eigenvalue weighted by molar-refractivity contribution is 0.0951. The van der Waals surface area contributed by atoms with Crippen molar-refractivity contribution in [1.29, 1.82) is 0 Å². The van der Waals surface area contributed by atoms with Crippen molar-refractivity contribution in [3.63, 3.8) is 0 Å². The van der Waals surface area contributed by atoms with Crippen molar-refractivity contribution < 1.29 is 15.0 Å². The van der Waals surface area contributed by atoms with Crippen molar-refractivity contribution in [2.75, 3.05) is 0 Å². The highest BCUT2D eigenvalue weighted by molar-refractivity contribution is 5.94. The maximum atomic E-state index is 12.4. The molecule has 0 spiro atoms. The Morgan fingerprint density at radius 1 is 0.929 bits per heavy atom. The smallest absolute Gasteiger partial charge is 0.251 e. The molecule has 2 aromatic carbocycles. The van der Waals surface area contributed by atoms with E-state index in [1.54, 1.807) is 24.3 Å². The number of aromatic nitrogens is 1. The molecule has 1 amide bonds. The summed E-state index contributed by atoms with van der Waals surface area (Å²) >= 11 is 0. The summed E-state index contributed by atoms with van der Waals surface area (Å²) in [5, 5.41) is 24.3. The second-order valence-electron chi connectivity index (χ2n) is 7.36. The van der Waals surface area contributed by atoms with E-state index < -0.39 is 0 Å². The highest BCUT2D eigenvalue weighted by Crippen LogP contribution is 2.57. The van der Waals surface area contributed by atoms with Crippen molar-refractivity contribution in [2.24, 2.45) is 0 Å². The molecule has 0 aliphatic heterocycles. The summed E-state index contributed by atoms with van der Waals surface area (Å²) in [4.78, 5) is 12.4. The number of amides is 1. The lowest BCUT2D eigenvalue weighted by Gasteiger charge is -2.11. The molecular weight excluding hydrogens is 352 g/mol. The van der Waals surface area contributed by atoms with Crippen LogP contribution in [-0.4, -0.2) is 20.7 Å². The molecule has 3 N–H and O–H groups in total. The summed E-state index contributed by atoms with van der Waals surface area (Å²) in [7, 11) is 0. The number of hydrogen-bond donors (Lipinski definition) is 3. The van der Waals surface area contributed by atoms with E-state index in [9.17, 15) is 15.0 Å². The Morgan fingerprint density at radius 2 is 1.54 bits per heavy atom. The number of rotatable bonds is 4. The predicted molar refractivity (Wildman–Crippen MR) is 106 cm³/mol. The minimum absolute atomic E-state index is 0.0885. The van der Waals surface area contributed by atoms with E-state index in [2.05, 4.69) is 17.5 Å². The van der Waals surface area contributed by atoms with Crippen LogP contribution in [0.2, 0.25) is 0 Å². The van der Waals surface area contributed by atoms with E-state index in [0.717, 1.165) is 23.1 Å². The van der Waals surface area contributed by atoms with Gasteiger partial charge in [0.2, 0.25) is 11.8 Å². The van der Waals surface area contributed by atoms with Crippen molar-refractivity contribution in [3.8, 4) is 17.4 Å². The first-order valence-electron chi connectivity index (χ1n) is 9.41. The Kier molecular flexibility index (Phi) is 3.76. The van der Waals surface area contributed by atoms with Crippen LogP contribution in [0.25, 0.3) is 5.69 Å². The Labute approximate surface area is 162 Å². The zero-order valence-corrected chi connectivity index (χ0v) is 15.2. The molecule has 5 heteroatoms. The fourth-order valence-electron chi connectivity index (χ4n) is 4.33. The summed E-state index contributed by atoms with van der Waals surface area (Å²) in [6, 6.07) is 16.6. The van der Waals surface area contributed by atoms with Gasteiger partial charge in [0.05, 0.1) is 5.69 Å². The van der Waals surface area contributed by atoms with Crippen LogP contribution in [-0.2, 0) is 6.54 Å². The number of aromatic hydroxyl groups is 2. The average molecular weight is 372 g/mol. The first kappa shape index (κ1) is 16.7. The molecule has 0 fully saturated rings. The topological polar surface area (TPSA) is 74.5 Å². The van der Waals surface area contributed by atoms with E-state index in [0.29, 0.717) is 17.8 Å². The quantitative estimate of drug-likeness (QED) is 0.607. The molecule has 0 unspecified atom stereocenters. The van der Waals surface area contributed by atoms with Crippen LogP contribution < -0.4 is 5.32 Å². The number of carbonyl (C=O) groups excluding carboxylic acids is 1. The first-order chi connectivity index (χ1) is 13.6. The molecule has 0 radical (unpaired) electrons. The maximum Gasteiger partial charge on any atom is 0.251 e. The second-order valence-corrected chi connectivity index (χ2v) is 7.36. The predicted octanol–water partition coefficient (Wildman–Crippen LogP) is 3.96. The van der Waals surface area contributed by atoms with Crippen molar-refractivity contribution in [1.82, 2.24) is 9.88 Å². The highest BCUT2D eigenvalue weighted by atomic mass is 16.3. The molecule has 1 aromatic heterocycles. The van der Waals surface area contributed by atoms with Gasteiger partial charge in [-0.3, -0.25) is 9.36 Å². The number of benzene rings is 2. The Balaban J connectivity index is 1.37. The van der Waals surface area contributed by atoms with Crippen LogP contribution in [0.1, 0.15) is 45.3 Å². The van der Waals surface area contributed by atoms with E-state index in [1.165, 1.54) is 4.57 Å². The Hall–Kier alpha value is -3.47. The second kappa shape index (κ2) is 6.30. The average Bonchev–Trinajstić information content (AvgIpc) is 3.41. The molecular formula is C23H20N2O3.